The second-order valence-electron chi connectivity index (χ2n) is 7.21. The van der Waals surface area contributed by atoms with Gasteiger partial charge in [0.25, 0.3) is 11.8 Å². The van der Waals surface area contributed by atoms with Gasteiger partial charge in [0.05, 0.1) is 30.9 Å². The number of ether oxygens (including phenoxy) is 1. The Bertz CT molecular complexity index is 1300. The minimum absolute atomic E-state index is 0.138. The molecule has 4 rings (SSSR count). The van der Waals surface area contributed by atoms with E-state index >= 15 is 0 Å². The summed E-state index contributed by atoms with van der Waals surface area (Å²) in [6, 6.07) is 18.4. The highest BCUT2D eigenvalue weighted by Gasteiger charge is 2.18. The second-order valence-corrected chi connectivity index (χ2v) is 7.21. The molecule has 0 saturated heterocycles. The largest absolute Gasteiger partial charge is 0.497 e. The lowest BCUT2D eigenvalue weighted by molar-refractivity contribution is 0.0949. The Labute approximate surface area is 185 Å². The van der Waals surface area contributed by atoms with Crippen LogP contribution in [0.1, 0.15) is 33.1 Å². The molecule has 8 heteroatoms. The molecule has 2 aromatic carbocycles. The molecule has 0 atom stereocenters. The number of nitrogens with zero attached hydrogens (tertiary/aromatic N) is 4. The zero-order chi connectivity index (χ0) is 22.7. The number of hydrogen-bond donors (Lipinski definition) is 1. The van der Waals surface area contributed by atoms with Crippen molar-refractivity contribution in [1.29, 1.82) is 5.26 Å². The van der Waals surface area contributed by atoms with Gasteiger partial charge in [0.1, 0.15) is 5.75 Å². The van der Waals surface area contributed by atoms with Crippen LogP contribution < -0.4 is 10.1 Å². The van der Waals surface area contributed by atoms with Crippen LogP contribution in [0.4, 0.5) is 0 Å². The first-order valence-corrected chi connectivity index (χ1v) is 9.95. The molecule has 0 unspecified atom stereocenters. The van der Waals surface area contributed by atoms with Gasteiger partial charge in [0, 0.05) is 22.6 Å². The Balaban J connectivity index is 1.47. The average Bonchev–Trinajstić information content (AvgIpc) is 3.42. The van der Waals surface area contributed by atoms with Gasteiger partial charge in [0.2, 0.25) is 0 Å². The Morgan fingerprint density at radius 3 is 2.53 bits per heavy atom. The lowest BCUT2D eigenvalue weighted by atomic mass is 10.2. The third-order valence-electron chi connectivity index (χ3n) is 5.14. The van der Waals surface area contributed by atoms with Crippen molar-refractivity contribution in [2.45, 2.75) is 20.4 Å². The molecule has 1 N–H and O–H groups in total. The van der Waals surface area contributed by atoms with Gasteiger partial charge < -0.3 is 19.1 Å². The van der Waals surface area contributed by atoms with Crippen molar-refractivity contribution < 1.29 is 14.1 Å². The summed E-state index contributed by atoms with van der Waals surface area (Å²) in [6.07, 6.45) is 0. The first kappa shape index (κ1) is 20.9. The van der Waals surface area contributed by atoms with Gasteiger partial charge >= 0.3 is 0 Å². The van der Waals surface area contributed by atoms with E-state index in [0.29, 0.717) is 22.8 Å². The topological polar surface area (TPSA) is 106 Å². The van der Waals surface area contributed by atoms with Gasteiger partial charge in [-0.1, -0.05) is 5.16 Å². The predicted octanol–water partition coefficient (Wildman–Crippen LogP) is 3.95. The molecule has 0 fully saturated rings. The van der Waals surface area contributed by atoms with Gasteiger partial charge in [-0.3, -0.25) is 4.79 Å². The molecule has 2 heterocycles. The number of carbonyl (C=O) groups excluding carboxylic acids is 1. The molecule has 2 aromatic heterocycles. The molecule has 0 aliphatic rings. The fourth-order valence-corrected chi connectivity index (χ4v) is 3.51. The summed E-state index contributed by atoms with van der Waals surface area (Å²) in [4.78, 5) is 17.2. The van der Waals surface area contributed by atoms with E-state index in [1.807, 2.05) is 60.9 Å². The molecule has 160 valence electrons. The van der Waals surface area contributed by atoms with Crippen molar-refractivity contribution in [3.05, 3.63) is 82.9 Å². The summed E-state index contributed by atoms with van der Waals surface area (Å²) < 4.78 is 12.4. The maximum atomic E-state index is 12.8. The summed E-state index contributed by atoms with van der Waals surface area (Å²) in [5, 5.41) is 15.8. The standard InChI is InChI=1S/C24H21N5O3/c1-15-12-21(16(2)29(15)19-8-4-17(13-25)5-9-19)23(30)26-14-22-27-24(32-28-22)18-6-10-20(31-3)11-7-18/h4-12H,14H2,1-3H3,(H,26,30). The van der Waals surface area contributed by atoms with Gasteiger partial charge in [0.15, 0.2) is 5.82 Å². The number of carbonyl (C=O) groups is 1. The fourth-order valence-electron chi connectivity index (χ4n) is 3.51. The molecule has 0 aliphatic heterocycles. The van der Waals surface area contributed by atoms with Crippen LogP contribution in [-0.4, -0.2) is 27.7 Å². The summed E-state index contributed by atoms with van der Waals surface area (Å²) >= 11 is 0. The van der Waals surface area contributed by atoms with Crippen molar-refractivity contribution in [2.24, 2.45) is 0 Å². The van der Waals surface area contributed by atoms with Crippen molar-refractivity contribution in [3.8, 4) is 29.0 Å². The second kappa shape index (κ2) is 8.78. The number of hydrogen-bond acceptors (Lipinski definition) is 6. The van der Waals surface area contributed by atoms with Crippen LogP contribution >= 0.6 is 0 Å². The van der Waals surface area contributed by atoms with Crippen molar-refractivity contribution in [3.63, 3.8) is 0 Å². The number of aromatic nitrogens is 3. The Morgan fingerprint density at radius 2 is 1.88 bits per heavy atom. The highest BCUT2D eigenvalue weighted by Crippen LogP contribution is 2.22. The zero-order valence-corrected chi connectivity index (χ0v) is 17.9. The molecule has 0 spiro atoms. The summed E-state index contributed by atoms with van der Waals surface area (Å²) in [5.74, 6) is 1.26. The van der Waals surface area contributed by atoms with E-state index < -0.39 is 0 Å². The SMILES string of the molecule is COc1ccc(-c2nc(CNC(=O)c3cc(C)n(-c4ccc(C#N)cc4)c3C)no2)cc1. The predicted molar refractivity (Wildman–Crippen MR) is 117 cm³/mol. The van der Waals surface area contributed by atoms with E-state index in [9.17, 15) is 4.79 Å². The Hall–Kier alpha value is -4.38. The molecular weight excluding hydrogens is 406 g/mol. The van der Waals surface area contributed by atoms with E-state index in [2.05, 4.69) is 21.5 Å². The van der Waals surface area contributed by atoms with Crippen LogP contribution in [0.3, 0.4) is 0 Å². The molecule has 4 aromatic rings. The Morgan fingerprint density at radius 1 is 1.16 bits per heavy atom. The van der Waals surface area contributed by atoms with Gasteiger partial charge in [-0.05, 0) is 68.4 Å². The molecule has 0 aliphatic carbocycles. The van der Waals surface area contributed by atoms with E-state index in [-0.39, 0.29) is 12.5 Å². The van der Waals surface area contributed by atoms with Gasteiger partial charge in [-0.15, -0.1) is 0 Å². The van der Waals surface area contributed by atoms with E-state index in [0.717, 1.165) is 28.4 Å². The van der Waals surface area contributed by atoms with Gasteiger partial charge in [-0.2, -0.15) is 10.2 Å². The molecule has 8 nitrogen and oxygen atoms in total. The lowest BCUT2D eigenvalue weighted by Gasteiger charge is -2.10. The highest BCUT2D eigenvalue weighted by molar-refractivity contribution is 5.95. The molecule has 0 saturated carbocycles. The number of amides is 1. The minimum Gasteiger partial charge on any atom is -0.497 e. The maximum Gasteiger partial charge on any atom is 0.257 e. The lowest BCUT2D eigenvalue weighted by Crippen LogP contribution is -2.24. The molecule has 0 radical (unpaired) electrons. The molecule has 1 amide bonds. The summed E-state index contributed by atoms with van der Waals surface area (Å²) in [6.45, 7) is 3.96. The minimum atomic E-state index is -0.228. The van der Waals surface area contributed by atoms with Crippen molar-refractivity contribution in [2.75, 3.05) is 7.11 Å². The van der Waals surface area contributed by atoms with Crippen LogP contribution in [0.5, 0.6) is 5.75 Å². The zero-order valence-electron chi connectivity index (χ0n) is 17.9. The smallest absolute Gasteiger partial charge is 0.257 e. The van der Waals surface area contributed by atoms with E-state index in [1.165, 1.54) is 0 Å². The third kappa shape index (κ3) is 4.09. The monoisotopic (exact) mass is 427 g/mol. The van der Waals surface area contributed by atoms with E-state index in [1.54, 1.807) is 19.2 Å². The van der Waals surface area contributed by atoms with Crippen LogP contribution in [0.15, 0.2) is 59.1 Å². The summed E-state index contributed by atoms with van der Waals surface area (Å²) in [7, 11) is 1.60. The number of rotatable bonds is 6. The van der Waals surface area contributed by atoms with Crippen LogP contribution in [0.2, 0.25) is 0 Å². The van der Waals surface area contributed by atoms with Crippen LogP contribution in [0, 0.1) is 25.2 Å². The Kier molecular flexibility index (Phi) is 5.73. The normalized spacial score (nSPS) is 10.6. The van der Waals surface area contributed by atoms with Crippen molar-refractivity contribution >= 4 is 5.91 Å². The van der Waals surface area contributed by atoms with Crippen LogP contribution in [-0.2, 0) is 6.54 Å². The van der Waals surface area contributed by atoms with Crippen LogP contribution in [0.25, 0.3) is 17.1 Å². The number of nitriles is 1. The number of aryl methyl sites for hydroxylation is 1. The van der Waals surface area contributed by atoms with E-state index in [4.69, 9.17) is 14.5 Å². The highest BCUT2D eigenvalue weighted by atomic mass is 16.5. The first-order chi connectivity index (χ1) is 15.5. The number of nitrogens with one attached hydrogen (secondary N) is 1. The molecular formula is C24H21N5O3. The average molecular weight is 427 g/mol. The molecule has 0 bridgehead atoms. The summed E-state index contributed by atoms with van der Waals surface area (Å²) in [5.41, 5.74) is 4.52. The quantitative estimate of drug-likeness (QED) is 0.499. The third-order valence-corrected chi connectivity index (χ3v) is 5.14. The fraction of sp³-hybridized carbons (Fsp3) is 0.167. The van der Waals surface area contributed by atoms with Crippen molar-refractivity contribution in [1.82, 2.24) is 20.0 Å². The number of methoxy groups -OCH3 is 1. The maximum absolute atomic E-state index is 12.8. The number of benzene rings is 2. The van der Waals surface area contributed by atoms with Gasteiger partial charge in [-0.25, -0.2) is 0 Å². The molecule has 32 heavy (non-hydrogen) atoms. The first-order valence-electron chi connectivity index (χ1n) is 9.95.